The molecule has 0 saturated heterocycles. The summed E-state index contributed by atoms with van der Waals surface area (Å²) < 4.78 is 1.92. The van der Waals surface area contributed by atoms with Gasteiger partial charge in [-0.1, -0.05) is 32.0 Å². The molecule has 5 nitrogen and oxygen atoms in total. The maximum Gasteiger partial charge on any atom is 0.0947 e. The van der Waals surface area contributed by atoms with E-state index in [4.69, 9.17) is 11.1 Å². The number of hydrogen-bond acceptors (Lipinski definition) is 3. The zero-order valence-corrected chi connectivity index (χ0v) is 12.4. The molecule has 0 aliphatic carbocycles. The molecule has 2 rings (SSSR count). The number of aryl methyl sites for hydroxylation is 1. The first-order valence-electron chi connectivity index (χ1n) is 6.99. The molecule has 0 amide bonds. The minimum Gasteiger partial charge on any atom is -0.387 e. The average Bonchev–Trinajstić information content (AvgIpc) is 2.75. The van der Waals surface area contributed by atoms with Gasteiger partial charge in [-0.3, -0.25) is 15.0 Å². The van der Waals surface area contributed by atoms with Gasteiger partial charge in [0.15, 0.2) is 0 Å². The van der Waals surface area contributed by atoms with Crippen molar-refractivity contribution in [3.8, 4) is 0 Å². The minimum atomic E-state index is 0.0740. The summed E-state index contributed by atoms with van der Waals surface area (Å²) in [6, 6.07) is 8.27. The van der Waals surface area contributed by atoms with Crippen molar-refractivity contribution in [3.05, 3.63) is 30.0 Å². The first kappa shape index (κ1) is 14.5. The zero-order chi connectivity index (χ0) is 14.7. The Morgan fingerprint density at radius 2 is 2.15 bits per heavy atom. The van der Waals surface area contributed by atoms with Crippen molar-refractivity contribution in [1.82, 2.24) is 14.7 Å². The molecule has 1 unspecified atom stereocenters. The van der Waals surface area contributed by atoms with Crippen LogP contribution in [0.5, 0.6) is 0 Å². The first-order valence-corrected chi connectivity index (χ1v) is 6.99. The molecule has 0 spiro atoms. The van der Waals surface area contributed by atoms with Crippen LogP contribution in [0.25, 0.3) is 10.9 Å². The number of rotatable bonds is 6. The lowest BCUT2D eigenvalue weighted by Crippen LogP contribution is -2.34. The predicted molar refractivity (Wildman–Crippen MR) is 82.7 cm³/mol. The Morgan fingerprint density at radius 3 is 2.80 bits per heavy atom. The van der Waals surface area contributed by atoms with Crippen LogP contribution in [-0.2, 0) is 13.6 Å². The van der Waals surface area contributed by atoms with E-state index >= 15 is 0 Å². The van der Waals surface area contributed by atoms with E-state index in [-0.39, 0.29) is 11.8 Å². The van der Waals surface area contributed by atoms with Crippen LogP contribution in [0.2, 0.25) is 0 Å². The maximum absolute atomic E-state index is 7.52. The summed E-state index contributed by atoms with van der Waals surface area (Å²) >= 11 is 0. The van der Waals surface area contributed by atoms with Crippen molar-refractivity contribution in [2.45, 2.75) is 20.4 Å². The second kappa shape index (κ2) is 6.05. The maximum atomic E-state index is 7.52. The summed E-state index contributed by atoms with van der Waals surface area (Å²) in [6.45, 7) is 6.61. The smallest absolute Gasteiger partial charge is 0.0947 e. The van der Waals surface area contributed by atoms with Crippen molar-refractivity contribution in [2.24, 2.45) is 18.7 Å². The van der Waals surface area contributed by atoms with Gasteiger partial charge in [-0.2, -0.15) is 5.10 Å². The normalized spacial score (nSPS) is 13.0. The molecule has 0 aliphatic rings. The molecule has 1 aromatic heterocycles. The van der Waals surface area contributed by atoms with Crippen LogP contribution in [-0.4, -0.2) is 33.6 Å². The molecule has 2 aromatic rings. The van der Waals surface area contributed by atoms with Gasteiger partial charge in [0, 0.05) is 31.4 Å². The van der Waals surface area contributed by atoms with Crippen LogP contribution >= 0.6 is 0 Å². The largest absolute Gasteiger partial charge is 0.387 e. The Balaban J connectivity index is 2.19. The van der Waals surface area contributed by atoms with Gasteiger partial charge in [0.1, 0.15) is 0 Å². The fourth-order valence-corrected chi connectivity index (χ4v) is 2.41. The molecule has 20 heavy (non-hydrogen) atoms. The number of benzene rings is 1. The van der Waals surface area contributed by atoms with Gasteiger partial charge < -0.3 is 5.73 Å². The van der Waals surface area contributed by atoms with Gasteiger partial charge in [-0.25, -0.2) is 0 Å². The van der Waals surface area contributed by atoms with Crippen molar-refractivity contribution in [3.63, 3.8) is 0 Å². The monoisotopic (exact) mass is 273 g/mol. The summed E-state index contributed by atoms with van der Waals surface area (Å²) in [5, 5.41) is 13.3. The Hall–Kier alpha value is -1.88. The fourth-order valence-electron chi connectivity index (χ4n) is 2.41. The number of para-hydroxylation sites is 1. The van der Waals surface area contributed by atoms with Crippen LogP contribution in [0.15, 0.2) is 24.3 Å². The molecule has 108 valence electrons. The second-order valence-electron chi connectivity index (χ2n) is 5.27. The highest BCUT2D eigenvalue weighted by Crippen LogP contribution is 2.19. The van der Waals surface area contributed by atoms with Gasteiger partial charge >= 0.3 is 0 Å². The van der Waals surface area contributed by atoms with Crippen molar-refractivity contribution in [1.29, 1.82) is 5.41 Å². The van der Waals surface area contributed by atoms with Crippen LogP contribution in [0.3, 0.4) is 0 Å². The van der Waals surface area contributed by atoms with Gasteiger partial charge in [-0.05, 0) is 12.6 Å². The van der Waals surface area contributed by atoms with Gasteiger partial charge in [0.05, 0.1) is 17.0 Å². The lowest BCUT2D eigenvalue weighted by molar-refractivity contribution is 0.260. The van der Waals surface area contributed by atoms with Crippen molar-refractivity contribution < 1.29 is 0 Å². The van der Waals surface area contributed by atoms with Crippen molar-refractivity contribution in [2.75, 3.05) is 13.1 Å². The molecular formula is C15H23N5. The molecule has 1 aromatic carbocycles. The van der Waals surface area contributed by atoms with E-state index in [2.05, 4.69) is 29.1 Å². The quantitative estimate of drug-likeness (QED) is 0.624. The second-order valence-corrected chi connectivity index (χ2v) is 5.27. The number of nitrogens with one attached hydrogen (secondary N) is 1. The molecule has 3 N–H and O–H groups in total. The number of nitrogens with two attached hydrogens (primary N) is 1. The number of fused-ring (bicyclic) bond motifs is 1. The number of hydrogen-bond donors (Lipinski definition) is 2. The lowest BCUT2D eigenvalue weighted by atomic mass is 10.1. The SMILES string of the molecule is CCN(Cc1nn(C)c2ccccc12)CC(C)C(=N)N. The highest BCUT2D eigenvalue weighted by Gasteiger charge is 2.15. The Labute approximate surface area is 119 Å². The van der Waals surface area contributed by atoms with Crippen LogP contribution in [0.1, 0.15) is 19.5 Å². The third-order valence-electron chi connectivity index (χ3n) is 3.72. The zero-order valence-electron chi connectivity index (χ0n) is 12.4. The van der Waals surface area contributed by atoms with E-state index < -0.39 is 0 Å². The van der Waals surface area contributed by atoms with E-state index in [1.54, 1.807) is 0 Å². The molecule has 1 atom stereocenters. The summed E-state index contributed by atoms with van der Waals surface area (Å²) in [5.41, 5.74) is 7.80. The third kappa shape index (κ3) is 2.99. The van der Waals surface area contributed by atoms with E-state index in [9.17, 15) is 0 Å². The summed E-state index contributed by atoms with van der Waals surface area (Å²) in [5.74, 6) is 0.319. The van der Waals surface area contributed by atoms with Gasteiger partial charge in [0.25, 0.3) is 0 Å². The molecule has 0 saturated carbocycles. The summed E-state index contributed by atoms with van der Waals surface area (Å²) in [7, 11) is 1.97. The molecule has 0 radical (unpaired) electrons. The molecule has 1 heterocycles. The Kier molecular flexibility index (Phi) is 4.39. The van der Waals surface area contributed by atoms with Crippen molar-refractivity contribution >= 4 is 16.7 Å². The van der Waals surface area contributed by atoms with E-state index in [1.807, 2.05) is 30.8 Å². The highest BCUT2D eigenvalue weighted by molar-refractivity contribution is 5.82. The first-order chi connectivity index (χ1) is 9.52. The van der Waals surface area contributed by atoms with E-state index in [0.29, 0.717) is 0 Å². The molecule has 0 aliphatic heterocycles. The number of amidine groups is 1. The lowest BCUT2D eigenvalue weighted by Gasteiger charge is -2.22. The number of nitrogens with zero attached hydrogens (tertiary/aromatic N) is 3. The molecule has 5 heteroatoms. The predicted octanol–water partition coefficient (Wildman–Crippen LogP) is 1.97. The molecular weight excluding hydrogens is 250 g/mol. The minimum absolute atomic E-state index is 0.0740. The van der Waals surface area contributed by atoms with Gasteiger partial charge in [0.2, 0.25) is 0 Å². The topological polar surface area (TPSA) is 70.9 Å². The standard InChI is InChI=1S/C15H23N5/c1-4-20(9-11(2)15(16)17)10-13-12-7-5-6-8-14(12)19(3)18-13/h5-8,11H,4,9-10H2,1-3H3,(H3,16,17). The Morgan fingerprint density at radius 1 is 1.45 bits per heavy atom. The molecule has 0 fully saturated rings. The summed E-state index contributed by atoms with van der Waals surface area (Å²) in [4.78, 5) is 2.28. The fraction of sp³-hybridized carbons (Fsp3) is 0.467. The summed E-state index contributed by atoms with van der Waals surface area (Å²) in [6.07, 6.45) is 0. The third-order valence-corrected chi connectivity index (χ3v) is 3.72. The van der Waals surface area contributed by atoms with Crippen LogP contribution in [0, 0.1) is 11.3 Å². The number of aromatic nitrogens is 2. The molecule has 0 bridgehead atoms. The average molecular weight is 273 g/mol. The van der Waals surface area contributed by atoms with Crippen LogP contribution in [0.4, 0.5) is 0 Å². The van der Waals surface area contributed by atoms with E-state index in [1.165, 1.54) is 5.39 Å². The Bertz CT molecular complexity index is 601. The van der Waals surface area contributed by atoms with E-state index in [0.717, 1.165) is 30.8 Å². The highest BCUT2D eigenvalue weighted by atomic mass is 15.3. The van der Waals surface area contributed by atoms with Gasteiger partial charge in [-0.15, -0.1) is 0 Å². The van der Waals surface area contributed by atoms with Crippen LogP contribution < -0.4 is 5.73 Å².